The highest BCUT2D eigenvalue weighted by Crippen LogP contribution is 2.22. The molecule has 0 fully saturated rings. The minimum atomic E-state index is -3.67. The van der Waals surface area contributed by atoms with E-state index in [0.717, 1.165) is 12.8 Å². The summed E-state index contributed by atoms with van der Waals surface area (Å²) in [5.74, 6) is -0.416. The minimum Gasteiger partial charge on any atom is -0.352 e. The minimum absolute atomic E-state index is 0.0860. The van der Waals surface area contributed by atoms with Crippen LogP contribution in [0.25, 0.3) is 10.9 Å². The molecule has 0 bridgehead atoms. The molecule has 8 nitrogen and oxygen atoms in total. The third kappa shape index (κ3) is 4.74. The third-order valence-electron chi connectivity index (χ3n) is 4.32. The summed E-state index contributed by atoms with van der Waals surface area (Å²) in [5, 5.41) is 3.14. The Hall–Kier alpha value is -2.23. The Labute approximate surface area is 158 Å². The molecule has 4 N–H and O–H groups in total. The molecule has 0 saturated carbocycles. The van der Waals surface area contributed by atoms with Crippen LogP contribution in [-0.2, 0) is 10.0 Å². The zero-order chi connectivity index (χ0) is 20.0. The maximum Gasteiger partial charge on any atom is 0.252 e. The Morgan fingerprint density at radius 2 is 1.89 bits per heavy atom. The number of nitrogens with zero attached hydrogens (tertiary/aromatic N) is 1. The largest absolute Gasteiger partial charge is 0.352 e. The highest BCUT2D eigenvalue weighted by Gasteiger charge is 2.23. The molecule has 0 atom stereocenters. The Kier molecular flexibility index (Phi) is 7.11. The molecular formula is C18H26N4O4S. The standard InChI is InChI=1S/C18H26N4O4S/c1-3-22(4-2)27(25,26)13-7-8-16-14(11-13)15(12-17(23)21-16)18(24)20-10-6-5-9-19/h7-8,11-12H,3-6,9-10,19H2,1-2H3,(H,20,24)(H,21,23). The summed E-state index contributed by atoms with van der Waals surface area (Å²) in [6.07, 6.45) is 1.51. The number of pyridine rings is 1. The quantitative estimate of drug-likeness (QED) is 0.548. The number of unbranched alkanes of at least 4 members (excludes halogenated alkanes) is 1. The van der Waals surface area contributed by atoms with Crippen molar-refractivity contribution in [2.24, 2.45) is 5.73 Å². The van der Waals surface area contributed by atoms with Gasteiger partial charge in [-0.3, -0.25) is 9.59 Å². The van der Waals surface area contributed by atoms with Crippen molar-refractivity contribution < 1.29 is 13.2 Å². The number of aromatic amines is 1. The first kappa shape index (κ1) is 21.1. The van der Waals surface area contributed by atoms with Gasteiger partial charge in [0.2, 0.25) is 15.6 Å². The molecule has 0 spiro atoms. The molecule has 9 heteroatoms. The molecule has 0 unspecified atom stereocenters. The maximum atomic E-state index is 12.8. The fourth-order valence-corrected chi connectivity index (χ4v) is 4.35. The van der Waals surface area contributed by atoms with Crippen LogP contribution in [0, 0.1) is 0 Å². The predicted octanol–water partition coefficient (Wildman–Crippen LogP) is 1.03. The molecular weight excluding hydrogens is 368 g/mol. The lowest BCUT2D eigenvalue weighted by atomic mass is 10.1. The summed E-state index contributed by atoms with van der Waals surface area (Å²) >= 11 is 0. The maximum absolute atomic E-state index is 12.8. The lowest BCUT2D eigenvalue weighted by Crippen LogP contribution is -2.30. The number of sulfonamides is 1. The van der Waals surface area contributed by atoms with E-state index in [1.807, 2.05) is 0 Å². The number of fused-ring (bicyclic) bond motifs is 1. The highest BCUT2D eigenvalue weighted by atomic mass is 32.2. The first-order valence-electron chi connectivity index (χ1n) is 9.00. The molecule has 1 amide bonds. The molecule has 1 aromatic carbocycles. The van der Waals surface area contributed by atoms with Gasteiger partial charge in [-0.2, -0.15) is 4.31 Å². The number of carbonyl (C=O) groups excluding carboxylic acids is 1. The average molecular weight is 394 g/mol. The van der Waals surface area contributed by atoms with Crippen LogP contribution >= 0.6 is 0 Å². The monoisotopic (exact) mass is 394 g/mol. The number of hydrogen-bond donors (Lipinski definition) is 3. The number of rotatable bonds is 9. The van der Waals surface area contributed by atoms with E-state index in [4.69, 9.17) is 5.73 Å². The van der Waals surface area contributed by atoms with Crippen LogP contribution in [0.3, 0.4) is 0 Å². The molecule has 1 heterocycles. The van der Waals surface area contributed by atoms with E-state index < -0.39 is 21.5 Å². The van der Waals surface area contributed by atoms with Crippen molar-refractivity contribution in [3.05, 3.63) is 40.2 Å². The van der Waals surface area contributed by atoms with Crippen molar-refractivity contribution in [2.45, 2.75) is 31.6 Å². The van der Waals surface area contributed by atoms with E-state index in [-0.39, 0.29) is 10.5 Å². The van der Waals surface area contributed by atoms with Crippen LogP contribution in [0.1, 0.15) is 37.0 Å². The molecule has 1 aromatic heterocycles. The van der Waals surface area contributed by atoms with Crippen LogP contribution in [0.15, 0.2) is 34.0 Å². The van der Waals surface area contributed by atoms with Gasteiger partial charge in [0.25, 0.3) is 5.91 Å². The summed E-state index contributed by atoms with van der Waals surface area (Å²) < 4.78 is 26.9. The SMILES string of the molecule is CCN(CC)S(=O)(=O)c1ccc2[nH]c(=O)cc(C(=O)NCCCCN)c2c1. The smallest absolute Gasteiger partial charge is 0.252 e. The fourth-order valence-electron chi connectivity index (χ4n) is 2.86. The topological polar surface area (TPSA) is 125 Å². The van der Waals surface area contributed by atoms with Gasteiger partial charge in [0, 0.05) is 36.6 Å². The van der Waals surface area contributed by atoms with Crippen LogP contribution < -0.4 is 16.6 Å². The van der Waals surface area contributed by atoms with E-state index in [1.54, 1.807) is 13.8 Å². The van der Waals surface area contributed by atoms with Gasteiger partial charge in [-0.05, 0) is 37.6 Å². The number of hydrogen-bond acceptors (Lipinski definition) is 5. The Morgan fingerprint density at radius 1 is 1.19 bits per heavy atom. The Bertz CT molecular complexity index is 965. The zero-order valence-electron chi connectivity index (χ0n) is 15.6. The van der Waals surface area contributed by atoms with E-state index in [0.29, 0.717) is 37.1 Å². The molecule has 27 heavy (non-hydrogen) atoms. The zero-order valence-corrected chi connectivity index (χ0v) is 16.4. The number of benzene rings is 1. The van der Waals surface area contributed by atoms with E-state index in [2.05, 4.69) is 10.3 Å². The van der Waals surface area contributed by atoms with Gasteiger partial charge in [0.05, 0.1) is 10.5 Å². The number of nitrogens with two attached hydrogens (primary N) is 1. The Balaban J connectivity index is 2.49. The van der Waals surface area contributed by atoms with Gasteiger partial charge < -0.3 is 16.0 Å². The summed E-state index contributed by atoms with van der Waals surface area (Å²) in [6.45, 7) is 5.19. The predicted molar refractivity (Wildman–Crippen MR) is 105 cm³/mol. The van der Waals surface area contributed by atoms with Gasteiger partial charge in [-0.1, -0.05) is 13.8 Å². The second-order valence-electron chi connectivity index (χ2n) is 6.10. The van der Waals surface area contributed by atoms with Gasteiger partial charge in [0.1, 0.15) is 0 Å². The van der Waals surface area contributed by atoms with Gasteiger partial charge in [0.15, 0.2) is 0 Å². The number of amides is 1. The van der Waals surface area contributed by atoms with E-state index in [9.17, 15) is 18.0 Å². The molecule has 0 aliphatic heterocycles. The lowest BCUT2D eigenvalue weighted by Gasteiger charge is -2.19. The molecule has 2 rings (SSSR count). The number of nitrogens with one attached hydrogen (secondary N) is 2. The average Bonchev–Trinajstić information content (AvgIpc) is 2.64. The third-order valence-corrected chi connectivity index (χ3v) is 6.36. The normalized spacial score (nSPS) is 11.9. The van der Waals surface area contributed by atoms with Crippen molar-refractivity contribution in [1.82, 2.24) is 14.6 Å². The number of H-pyrrole nitrogens is 1. The van der Waals surface area contributed by atoms with Crippen molar-refractivity contribution in [3.8, 4) is 0 Å². The first-order chi connectivity index (χ1) is 12.8. The molecule has 148 valence electrons. The molecule has 0 aliphatic carbocycles. The van der Waals surface area contributed by atoms with Crippen molar-refractivity contribution in [2.75, 3.05) is 26.2 Å². The number of carbonyl (C=O) groups is 1. The van der Waals surface area contributed by atoms with Crippen LogP contribution in [0.2, 0.25) is 0 Å². The van der Waals surface area contributed by atoms with Crippen molar-refractivity contribution in [1.29, 1.82) is 0 Å². The second-order valence-corrected chi connectivity index (χ2v) is 8.03. The second kappa shape index (κ2) is 9.12. The molecule has 0 radical (unpaired) electrons. The van der Waals surface area contributed by atoms with Gasteiger partial charge in [-0.15, -0.1) is 0 Å². The van der Waals surface area contributed by atoms with E-state index >= 15 is 0 Å². The van der Waals surface area contributed by atoms with Crippen LogP contribution in [0.4, 0.5) is 0 Å². The molecule has 0 saturated heterocycles. The molecule has 0 aliphatic rings. The summed E-state index contributed by atoms with van der Waals surface area (Å²) in [5.41, 5.74) is 5.58. The summed E-state index contributed by atoms with van der Waals surface area (Å²) in [6, 6.07) is 5.58. The van der Waals surface area contributed by atoms with Crippen LogP contribution in [-0.4, -0.2) is 49.8 Å². The number of aromatic nitrogens is 1. The lowest BCUT2D eigenvalue weighted by molar-refractivity contribution is 0.0954. The van der Waals surface area contributed by atoms with Crippen molar-refractivity contribution in [3.63, 3.8) is 0 Å². The van der Waals surface area contributed by atoms with Crippen LogP contribution in [0.5, 0.6) is 0 Å². The summed E-state index contributed by atoms with van der Waals surface area (Å²) in [7, 11) is -3.67. The molecule has 2 aromatic rings. The summed E-state index contributed by atoms with van der Waals surface area (Å²) in [4.78, 5) is 27.1. The highest BCUT2D eigenvalue weighted by molar-refractivity contribution is 7.89. The van der Waals surface area contributed by atoms with Gasteiger partial charge >= 0.3 is 0 Å². The first-order valence-corrected chi connectivity index (χ1v) is 10.4. The van der Waals surface area contributed by atoms with E-state index in [1.165, 1.54) is 28.6 Å². The van der Waals surface area contributed by atoms with Crippen molar-refractivity contribution >= 4 is 26.8 Å². The fraction of sp³-hybridized carbons (Fsp3) is 0.444. The van der Waals surface area contributed by atoms with Gasteiger partial charge in [-0.25, -0.2) is 8.42 Å². The Morgan fingerprint density at radius 3 is 2.52 bits per heavy atom.